The van der Waals surface area contributed by atoms with Crippen LogP contribution in [-0.2, 0) is 19.2 Å². The molecule has 0 bridgehead atoms. The van der Waals surface area contributed by atoms with Crippen LogP contribution < -0.4 is 0 Å². The zero-order valence-corrected chi connectivity index (χ0v) is 7.80. The molecule has 2 N–H and O–H groups in total. The Morgan fingerprint density at radius 1 is 1.13 bits per heavy atom. The predicted molar refractivity (Wildman–Crippen MR) is 48.2 cm³/mol. The fourth-order valence-corrected chi connectivity index (χ4v) is 0.896. The number of hydrogen-bond donors (Lipinski definition) is 2. The molecule has 0 saturated heterocycles. The minimum atomic E-state index is -1.41. The fraction of sp³-hybridized carbons (Fsp3) is 0.333. The van der Waals surface area contributed by atoms with Crippen LogP contribution in [0.4, 0.5) is 0 Å². The third-order valence-electron chi connectivity index (χ3n) is 1.66. The van der Waals surface area contributed by atoms with Gasteiger partial charge in [-0.3, -0.25) is 19.2 Å². The summed E-state index contributed by atoms with van der Waals surface area (Å²) in [6.45, 7) is 3.06. The molecule has 0 amide bonds. The topological polar surface area (TPSA) is 109 Å². The molecule has 1 atom stereocenters. The molecule has 0 heterocycles. The van der Waals surface area contributed by atoms with Crippen molar-refractivity contribution in [2.24, 2.45) is 5.92 Å². The van der Waals surface area contributed by atoms with Gasteiger partial charge in [-0.25, -0.2) is 0 Å². The van der Waals surface area contributed by atoms with E-state index in [1.54, 1.807) is 0 Å². The van der Waals surface area contributed by atoms with Crippen molar-refractivity contribution >= 4 is 23.5 Å². The molecule has 0 spiro atoms. The molecular formula is C9H10O6. The molecule has 82 valence electrons. The number of carbonyl (C=O) groups is 4. The first-order valence-electron chi connectivity index (χ1n) is 4.02. The van der Waals surface area contributed by atoms with Crippen LogP contribution in [-0.4, -0.2) is 33.7 Å². The maximum atomic E-state index is 11.0. The molecule has 0 rings (SSSR count). The maximum Gasteiger partial charge on any atom is 0.307 e. The third kappa shape index (κ3) is 4.70. The summed E-state index contributed by atoms with van der Waals surface area (Å²) in [4.78, 5) is 42.5. The summed E-state index contributed by atoms with van der Waals surface area (Å²) < 4.78 is 0. The Balaban J connectivity index is 4.48. The summed E-state index contributed by atoms with van der Waals surface area (Å²) in [7, 11) is 0. The SMILES string of the molecule is C=CC(=O)C(=O)CC(CC(=O)O)C(=O)O. The van der Waals surface area contributed by atoms with Crippen molar-refractivity contribution in [3.05, 3.63) is 12.7 Å². The molecule has 6 nitrogen and oxygen atoms in total. The van der Waals surface area contributed by atoms with Crippen LogP contribution in [0.1, 0.15) is 12.8 Å². The molecule has 0 fully saturated rings. The van der Waals surface area contributed by atoms with Crippen molar-refractivity contribution in [2.75, 3.05) is 0 Å². The van der Waals surface area contributed by atoms with Crippen LogP contribution in [0, 0.1) is 5.92 Å². The first-order valence-corrected chi connectivity index (χ1v) is 4.02. The zero-order chi connectivity index (χ0) is 12.0. The van der Waals surface area contributed by atoms with Crippen molar-refractivity contribution in [2.45, 2.75) is 12.8 Å². The van der Waals surface area contributed by atoms with E-state index >= 15 is 0 Å². The van der Waals surface area contributed by atoms with E-state index in [1.165, 1.54) is 0 Å². The van der Waals surface area contributed by atoms with Gasteiger partial charge in [0.2, 0.25) is 11.6 Å². The number of aliphatic carboxylic acids is 2. The first-order chi connectivity index (χ1) is 6.88. The molecule has 0 aromatic rings. The van der Waals surface area contributed by atoms with E-state index in [2.05, 4.69) is 6.58 Å². The molecule has 0 aliphatic heterocycles. The zero-order valence-electron chi connectivity index (χ0n) is 7.80. The van der Waals surface area contributed by atoms with Crippen LogP contribution in [0.3, 0.4) is 0 Å². The largest absolute Gasteiger partial charge is 0.481 e. The Hall–Kier alpha value is -1.98. The van der Waals surface area contributed by atoms with Crippen LogP contribution in [0.2, 0.25) is 0 Å². The first kappa shape index (κ1) is 13.0. The van der Waals surface area contributed by atoms with Crippen LogP contribution in [0.5, 0.6) is 0 Å². The highest BCUT2D eigenvalue weighted by molar-refractivity contribution is 6.41. The quantitative estimate of drug-likeness (QED) is 0.451. The van der Waals surface area contributed by atoms with E-state index in [9.17, 15) is 19.2 Å². The Bertz CT molecular complexity index is 317. The van der Waals surface area contributed by atoms with E-state index in [0.717, 1.165) is 6.08 Å². The molecule has 1 unspecified atom stereocenters. The lowest BCUT2D eigenvalue weighted by Crippen LogP contribution is -2.24. The summed E-state index contributed by atoms with van der Waals surface area (Å²) in [5.41, 5.74) is 0. The van der Waals surface area contributed by atoms with Crippen LogP contribution in [0.15, 0.2) is 12.7 Å². The molecule has 0 aromatic heterocycles. The monoisotopic (exact) mass is 214 g/mol. The minimum absolute atomic E-state index is 0.619. The van der Waals surface area contributed by atoms with E-state index < -0.39 is 42.3 Å². The van der Waals surface area contributed by atoms with Crippen molar-refractivity contribution in [1.82, 2.24) is 0 Å². The summed E-state index contributed by atoms with van der Waals surface area (Å²) in [6, 6.07) is 0. The van der Waals surface area contributed by atoms with Crippen LogP contribution in [0.25, 0.3) is 0 Å². The Labute approximate surface area is 85.2 Å². The normalized spacial score (nSPS) is 11.5. The molecule has 0 saturated carbocycles. The average molecular weight is 214 g/mol. The second-order valence-corrected chi connectivity index (χ2v) is 2.83. The van der Waals surface area contributed by atoms with E-state index in [0.29, 0.717) is 0 Å². The number of carbonyl (C=O) groups excluding carboxylic acids is 2. The van der Waals surface area contributed by atoms with Gasteiger partial charge < -0.3 is 10.2 Å². The Morgan fingerprint density at radius 3 is 2.00 bits per heavy atom. The molecule has 0 aliphatic carbocycles. The highest BCUT2D eigenvalue weighted by atomic mass is 16.4. The Morgan fingerprint density at radius 2 is 1.67 bits per heavy atom. The third-order valence-corrected chi connectivity index (χ3v) is 1.66. The molecule has 6 heteroatoms. The highest BCUT2D eigenvalue weighted by Gasteiger charge is 2.25. The fourth-order valence-electron chi connectivity index (χ4n) is 0.896. The van der Waals surface area contributed by atoms with Gasteiger partial charge in [-0.1, -0.05) is 6.58 Å². The molecule has 15 heavy (non-hydrogen) atoms. The summed E-state index contributed by atoms with van der Waals surface area (Å²) >= 11 is 0. The van der Waals surface area contributed by atoms with Gasteiger partial charge in [0.25, 0.3) is 0 Å². The lowest BCUT2D eigenvalue weighted by atomic mass is 9.97. The Kier molecular flexibility index (Phi) is 4.94. The second kappa shape index (κ2) is 5.69. The van der Waals surface area contributed by atoms with Gasteiger partial charge in [0, 0.05) is 6.42 Å². The summed E-state index contributed by atoms with van der Waals surface area (Å²) in [5, 5.41) is 16.9. The number of Topliss-reactive ketones (excluding diaryl/α,β-unsaturated/α-hetero) is 1. The number of ketones is 2. The summed E-state index contributed by atoms with van der Waals surface area (Å²) in [5.74, 6) is -5.98. The standard InChI is InChI=1S/C9H10O6/c1-2-6(10)7(11)3-5(9(14)15)4-8(12)13/h2,5H,1,3-4H2,(H,12,13)(H,14,15). The number of carboxylic acids is 2. The molecule has 0 aliphatic rings. The van der Waals surface area contributed by atoms with Gasteiger partial charge in [0.1, 0.15) is 0 Å². The van der Waals surface area contributed by atoms with Crippen molar-refractivity contribution in [3.8, 4) is 0 Å². The summed E-state index contributed by atoms with van der Waals surface area (Å²) in [6.07, 6.45) is -0.542. The highest BCUT2D eigenvalue weighted by Crippen LogP contribution is 2.10. The smallest absolute Gasteiger partial charge is 0.307 e. The average Bonchev–Trinajstić information content (AvgIpc) is 2.14. The van der Waals surface area contributed by atoms with E-state index in [4.69, 9.17) is 10.2 Å². The second-order valence-electron chi connectivity index (χ2n) is 2.83. The maximum absolute atomic E-state index is 11.0. The van der Waals surface area contributed by atoms with E-state index in [-0.39, 0.29) is 0 Å². The number of hydrogen-bond acceptors (Lipinski definition) is 4. The molecule has 0 radical (unpaired) electrons. The number of carboxylic acid groups (broad SMARTS) is 2. The number of allylic oxidation sites excluding steroid dienone is 1. The van der Waals surface area contributed by atoms with Gasteiger partial charge in [-0.05, 0) is 6.08 Å². The van der Waals surface area contributed by atoms with Gasteiger partial charge in [0.15, 0.2) is 0 Å². The van der Waals surface area contributed by atoms with Gasteiger partial charge in [-0.15, -0.1) is 0 Å². The van der Waals surface area contributed by atoms with Gasteiger partial charge >= 0.3 is 11.9 Å². The predicted octanol–water partition coefficient (Wildman–Crippen LogP) is -0.124. The van der Waals surface area contributed by atoms with E-state index in [1.807, 2.05) is 0 Å². The van der Waals surface area contributed by atoms with Crippen molar-refractivity contribution in [1.29, 1.82) is 0 Å². The van der Waals surface area contributed by atoms with Crippen LogP contribution >= 0.6 is 0 Å². The lowest BCUT2D eigenvalue weighted by molar-refractivity contribution is -0.150. The number of rotatable bonds is 7. The van der Waals surface area contributed by atoms with Crippen molar-refractivity contribution < 1.29 is 29.4 Å². The molecule has 0 aromatic carbocycles. The lowest BCUT2D eigenvalue weighted by Gasteiger charge is -2.06. The minimum Gasteiger partial charge on any atom is -0.481 e. The van der Waals surface area contributed by atoms with Gasteiger partial charge in [-0.2, -0.15) is 0 Å². The van der Waals surface area contributed by atoms with Gasteiger partial charge in [0.05, 0.1) is 12.3 Å². The van der Waals surface area contributed by atoms with Crippen molar-refractivity contribution in [3.63, 3.8) is 0 Å². The molecular weight excluding hydrogens is 204 g/mol.